The van der Waals surface area contributed by atoms with Gasteiger partial charge in [0, 0.05) is 15.7 Å². The fourth-order valence-corrected chi connectivity index (χ4v) is 5.81. The van der Waals surface area contributed by atoms with E-state index >= 15 is 0 Å². The Morgan fingerprint density at radius 2 is 1.71 bits per heavy atom. The minimum atomic E-state index is -0.568. The second-order valence-corrected chi connectivity index (χ2v) is 9.91. The van der Waals surface area contributed by atoms with Gasteiger partial charge in [0.1, 0.15) is 10.4 Å². The molecule has 162 valence electrons. The summed E-state index contributed by atoms with van der Waals surface area (Å²) < 4.78 is 5.35. The summed E-state index contributed by atoms with van der Waals surface area (Å²) in [4.78, 5) is 20.7. The number of amidine groups is 1. The van der Waals surface area contributed by atoms with Crippen molar-refractivity contribution in [2.75, 3.05) is 6.61 Å². The number of thioether (sulfide) groups is 1. The molecule has 0 bridgehead atoms. The second kappa shape index (κ2) is 8.53. The van der Waals surface area contributed by atoms with Gasteiger partial charge in [-0.25, -0.2) is 9.79 Å². The van der Waals surface area contributed by atoms with Crippen LogP contribution in [0.4, 0.5) is 0 Å². The maximum atomic E-state index is 12.7. The minimum Gasteiger partial charge on any atom is -0.462 e. The topological polar surface area (TPSA) is 41.9 Å². The number of fused-ring (bicyclic) bond motifs is 1. The molecule has 2 aromatic carbocycles. The molecule has 0 radical (unpaired) electrons. The molecule has 7 heteroatoms. The maximum Gasteiger partial charge on any atom is 0.346 e. The number of ether oxygens (including phenoxy) is 1. The highest BCUT2D eigenvalue weighted by Crippen LogP contribution is 2.56. The summed E-state index contributed by atoms with van der Waals surface area (Å²) >= 11 is 13.7. The van der Waals surface area contributed by atoms with E-state index in [0.717, 1.165) is 22.0 Å². The van der Waals surface area contributed by atoms with Gasteiger partial charge in [-0.1, -0.05) is 61.3 Å². The van der Waals surface area contributed by atoms with Crippen molar-refractivity contribution in [3.8, 4) is 0 Å². The van der Waals surface area contributed by atoms with Gasteiger partial charge in [0.05, 0.1) is 12.6 Å². The first-order valence-electron chi connectivity index (χ1n) is 10.3. The van der Waals surface area contributed by atoms with Crippen LogP contribution in [0.15, 0.2) is 64.1 Å². The molecule has 0 fully saturated rings. The van der Waals surface area contributed by atoms with E-state index in [4.69, 9.17) is 32.9 Å². The van der Waals surface area contributed by atoms with Crippen LogP contribution in [0.25, 0.3) is 0 Å². The number of hydrogen-bond acceptors (Lipinski definition) is 5. The highest BCUT2D eigenvalue weighted by Gasteiger charge is 2.53. The molecular weight excluding hydrogens is 451 g/mol. The Bertz CT molecular complexity index is 1060. The summed E-state index contributed by atoms with van der Waals surface area (Å²) in [6.45, 7) is 8.47. The summed E-state index contributed by atoms with van der Waals surface area (Å²) in [5.74, 6) is -0.182. The van der Waals surface area contributed by atoms with Crippen LogP contribution in [0.3, 0.4) is 0 Å². The SMILES string of the molecule is CCOC(=O)C1=C(C(C)C)N2C(=N[C@](C)(c3ccc(Cl)cc3)[C@@H]2c2ccc(Cl)cc2)S1. The third kappa shape index (κ3) is 3.88. The van der Waals surface area contributed by atoms with Crippen molar-refractivity contribution in [1.29, 1.82) is 0 Å². The van der Waals surface area contributed by atoms with E-state index in [9.17, 15) is 4.79 Å². The van der Waals surface area contributed by atoms with E-state index in [0.29, 0.717) is 21.6 Å². The highest BCUT2D eigenvalue weighted by molar-refractivity contribution is 8.18. The Kier molecular flexibility index (Phi) is 6.12. The third-order valence-electron chi connectivity index (χ3n) is 5.63. The van der Waals surface area contributed by atoms with Gasteiger partial charge >= 0.3 is 5.97 Å². The number of halogens is 2. The smallest absolute Gasteiger partial charge is 0.346 e. The van der Waals surface area contributed by atoms with E-state index in [1.54, 1.807) is 0 Å². The first-order chi connectivity index (χ1) is 14.8. The number of benzene rings is 2. The Labute approximate surface area is 197 Å². The fourth-order valence-electron chi connectivity index (χ4n) is 4.25. The number of carbonyl (C=O) groups excluding carboxylic acids is 1. The maximum absolute atomic E-state index is 12.7. The average Bonchev–Trinajstić information content (AvgIpc) is 3.22. The monoisotopic (exact) mass is 474 g/mol. The van der Waals surface area contributed by atoms with Crippen LogP contribution in [0.2, 0.25) is 10.0 Å². The molecule has 0 saturated heterocycles. The first-order valence-corrected chi connectivity index (χ1v) is 11.8. The van der Waals surface area contributed by atoms with Crippen molar-refractivity contribution in [3.63, 3.8) is 0 Å². The highest BCUT2D eigenvalue weighted by atomic mass is 35.5. The zero-order valence-corrected chi connectivity index (χ0v) is 20.2. The zero-order chi connectivity index (χ0) is 22.3. The summed E-state index contributed by atoms with van der Waals surface area (Å²) in [6.07, 6.45) is 0. The van der Waals surface area contributed by atoms with E-state index in [1.165, 1.54) is 11.8 Å². The van der Waals surface area contributed by atoms with Crippen molar-refractivity contribution in [2.24, 2.45) is 10.9 Å². The fraction of sp³-hybridized carbons (Fsp3) is 0.333. The Morgan fingerprint density at radius 3 is 2.26 bits per heavy atom. The van der Waals surface area contributed by atoms with Gasteiger partial charge in [0.2, 0.25) is 0 Å². The van der Waals surface area contributed by atoms with E-state index < -0.39 is 5.54 Å². The zero-order valence-electron chi connectivity index (χ0n) is 17.9. The number of carbonyl (C=O) groups is 1. The average molecular weight is 475 g/mol. The lowest BCUT2D eigenvalue weighted by atomic mass is 9.81. The summed E-state index contributed by atoms with van der Waals surface area (Å²) in [7, 11) is 0. The number of allylic oxidation sites excluding steroid dienone is 1. The molecule has 0 N–H and O–H groups in total. The number of nitrogens with zero attached hydrogens (tertiary/aromatic N) is 2. The number of hydrogen-bond donors (Lipinski definition) is 0. The van der Waals surface area contributed by atoms with Crippen molar-refractivity contribution in [2.45, 2.75) is 39.3 Å². The molecule has 31 heavy (non-hydrogen) atoms. The quantitative estimate of drug-likeness (QED) is 0.446. The van der Waals surface area contributed by atoms with Gasteiger partial charge in [-0.2, -0.15) is 0 Å². The molecule has 0 aromatic heterocycles. The van der Waals surface area contributed by atoms with Crippen LogP contribution in [-0.2, 0) is 15.1 Å². The summed E-state index contributed by atoms with van der Waals surface area (Å²) in [5, 5.41) is 2.17. The van der Waals surface area contributed by atoms with Crippen LogP contribution in [-0.4, -0.2) is 22.6 Å². The standard InChI is InChI=1S/C24H24Cl2N2O2S/c1-5-30-22(29)20-19(14(2)3)28-21(15-6-10-17(25)11-7-15)24(4,27-23(28)31-20)16-8-12-18(26)13-9-16/h6-14,21H,5H2,1-4H3/t21-,24+/m0/s1. The molecule has 2 aliphatic heterocycles. The molecule has 0 amide bonds. The van der Waals surface area contributed by atoms with Crippen molar-refractivity contribution >= 4 is 46.1 Å². The molecule has 0 saturated carbocycles. The van der Waals surface area contributed by atoms with Crippen LogP contribution in [0.1, 0.15) is 44.9 Å². The van der Waals surface area contributed by atoms with Crippen molar-refractivity contribution in [1.82, 2.24) is 4.90 Å². The van der Waals surface area contributed by atoms with Gasteiger partial charge < -0.3 is 9.64 Å². The molecule has 2 aromatic rings. The van der Waals surface area contributed by atoms with Crippen molar-refractivity contribution in [3.05, 3.63) is 80.3 Å². The van der Waals surface area contributed by atoms with Gasteiger partial charge in [-0.15, -0.1) is 0 Å². The van der Waals surface area contributed by atoms with Crippen molar-refractivity contribution < 1.29 is 9.53 Å². The van der Waals surface area contributed by atoms with Gasteiger partial charge in [0.15, 0.2) is 5.17 Å². The van der Waals surface area contributed by atoms with Crippen LogP contribution in [0, 0.1) is 5.92 Å². The van der Waals surface area contributed by atoms with Gasteiger partial charge in [0.25, 0.3) is 0 Å². The predicted molar refractivity (Wildman–Crippen MR) is 128 cm³/mol. The predicted octanol–water partition coefficient (Wildman–Crippen LogP) is 6.80. The Balaban J connectivity index is 1.89. The lowest BCUT2D eigenvalue weighted by Crippen LogP contribution is -2.36. The summed E-state index contributed by atoms with van der Waals surface area (Å²) in [6, 6.07) is 15.5. The lowest BCUT2D eigenvalue weighted by molar-refractivity contribution is -0.137. The van der Waals surface area contributed by atoms with E-state index in [2.05, 4.69) is 25.7 Å². The third-order valence-corrected chi connectivity index (χ3v) is 7.19. The molecule has 0 aliphatic carbocycles. The first kappa shape index (κ1) is 22.3. The Morgan fingerprint density at radius 1 is 1.13 bits per heavy atom. The lowest BCUT2D eigenvalue weighted by Gasteiger charge is -2.37. The van der Waals surface area contributed by atoms with Crippen LogP contribution < -0.4 is 0 Å². The molecule has 4 rings (SSSR count). The largest absolute Gasteiger partial charge is 0.462 e. The molecular formula is C24H24Cl2N2O2S. The molecule has 2 aliphatic rings. The van der Waals surface area contributed by atoms with Gasteiger partial charge in [-0.05, 0) is 66.9 Å². The minimum absolute atomic E-state index is 0.113. The molecule has 2 atom stereocenters. The molecule has 2 heterocycles. The van der Waals surface area contributed by atoms with Gasteiger partial charge in [-0.3, -0.25) is 0 Å². The summed E-state index contributed by atoms with van der Waals surface area (Å²) in [5.41, 5.74) is 2.51. The number of aliphatic imine (C=N–C) groups is 1. The number of rotatable bonds is 5. The van der Waals surface area contributed by atoms with Crippen LogP contribution >= 0.6 is 35.0 Å². The number of esters is 1. The van der Waals surface area contributed by atoms with E-state index in [1.807, 2.05) is 55.5 Å². The molecule has 4 nitrogen and oxygen atoms in total. The molecule has 0 unspecified atom stereocenters. The van der Waals surface area contributed by atoms with Crippen LogP contribution in [0.5, 0.6) is 0 Å². The van der Waals surface area contributed by atoms with E-state index in [-0.39, 0.29) is 17.9 Å². The Hall–Kier alpha value is -1.95. The molecule has 0 spiro atoms. The second-order valence-electron chi connectivity index (χ2n) is 8.06. The normalized spacial score (nSPS) is 22.7.